The van der Waals surface area contributed by atoms with E-state index in [2.05, 4.69) is 29.4 Å². The molecular formula is C17H21N3O. The van der Waals surface area contributed by atoms with E-state index in [1.54, 1.807) is 6.20 Å². The number of carbonyl (C=O) groups excluding carboxylic acids is 1. The van der Waals surface area contributed by atoms with Gasteiger partial charge in [-0.2, -0.15) is 5.10 Å². The molecule has 2 heterocycles. The third-order valence-electron chi connectivity index (χ3n) is 4.04. The molecule has 4 heteroatoms. The second-order valence-corrected chi connectivity index (χ2v) is 5.56. The quantitative estimate of drug-likeness (QED) is 0.865. The lowest BCUT2D eigenvalue weighted by molar-refractivity contribution is -0.131. The molecule has 0 bridgehead atoms. The summed E-state index contributed by atoms with van der Waals surface area (Å²) in [7, 11) is 0. The zero-order chi connectivity index (χ0) is 14.5. The third-order valence-corrected chi connectivity index (χ3v) is 4.04. The highest BCUT2D eigenvalue weighted by Gasteiger charge is 2.18. The molecule has 1 aliphatic rings. The number of hydrogen-bond acceptors (Lipinski definition) is 2. The molecule has 2 aromatic rings. The minimum atomic E-state index is 0.263. The van der Waals surface area contributed by atoms with Gasteiger partial charge in [-0.3, -0.25) is 9.48 Å². The van der Waals surface area contributed by atoms with Crippen molar-refractivity contribution in [3.8, 4) is 0 Å². The molecule has 0 atom stereocenters. The van der Waals surface area contributed by atoms with Crippen LogP contribution in [0, 0.1) is 0 Å². The molecular weight excluding hydrogens is 262 g/mol. The van der Waals surface area contributed by atoms with Crippen LogP contribution in [0.4, 0.5) is 0 Å². The SMILES string of the molecule is O=C(CCCn1cccn1)N1CCCc2ccccc2C1. The number of aromatic nitrogens is 2. The lowest BCUT2D eigenvalue weighted by Crippen LogP contribution is -2.30. The van der Waals surface area contributed by atoms with Gasteiger partial charge in [-0.25, -0.2) is 0 Å². The summed E-state index contributed by atoms with van der Waals surface area (Å²) in [6, 6.07) is 10.4. The molecule has 110 valence electrons. The normalized spacial score (nSPS) is 14.6. The number of benzene rings is 1. The minimum absolute atomic E-state index is 0.263. The third kappa shape index (κ3) is 3.51. The number of carbonyl (C=O) groups is 1. The summed E-state index contributed by atoms with van der Waals surface area (Å²) < 4.78 is 1.88. The molecule has 0 fully saturated rings. The van der Waals surface area contributed by atoms with Gasteiger partial charge in [0.05, 0.1) is 0 Å². The van der Waals surface area contributed by atoms with Crippen LogP contribution in [-0.4, -0.2) is 27.1 Å². The fraction of sp³-hybridized carbons (Fsp3) is 0.412. The molecule has 0 saturated heterocycles. The predicted octanol–water partition coefficient (Wildman–Crippen LogP) is 2.64. The summed E-state index contributed by atoms with van der Waals surface area (Å²) >= 11 is 0. The van der Waals surface area contributed by atoms with Crippen LogP contribution in [0.25, 0.3) is 0 Å². The first-order valence-electron chi connectivity index (χ1n) is 7.65. The van der Waals surface area contributed by atoms with Gasteiger partial charge in [0.1, 0.15) is 0 Å². The fourth-order valence-corrected chi connectivity index (χ4v) is 2.90. The Bertz CT molecular complexity index is 592. The smallest absolute Gasteiger partial charge is 0.222 e. The van der Waals surface area contributed by atoms with Gasteiger partial charge in [0, 0.05) is 38.4 Å². The number of amides is 1. The van der Waals surface area contributed by atoms with Crippen LogP contribution in [0.5, 0.6) is 0 Å². The monoisotopic (exact) mass is 283 g/mol. The Labute approximate surface area is 125 Å². The van der Waals surface area contributed by atoms with E-state index in [0.717, 1.165) is 38.9 Å². The molecule has 1 amide bonds. The maximum Gasteiger partial charge on any atom is 0.222 e. The van der Waals surface area contributed by atoms with Gasteiger partial charge in [-0.15, -0.1) is 0 Å². The lowest BCUT2D eigenvalue weighted by Gasteiger charge is -2.21. The van der Waals surface area contributed by atoms with E-state index in [9.17, 15) is 4.79 Å². The fourth-order valence-electron chi connectivity index (χ4n) is 2.90. The molecule has 0 spiro atoms. The second kappa shape index (κ2) is 6.57. The Morgan fingerprint density at radius 2 is 2.05 bits per heavy atom. The predicted molar refractivity (Wildman–Crippen MR) is 81.6 cm³/mol. The maximum absolute atomic E-state index is 12.4. The molecule has 21 heavy (non-hydrogen) atoms. The molecule has 3 rings (SSSR count). The first-order valence-corrected chi connectivity index (χ1v) is 7.65. The Hall–Kier alpha value is -2.10. The van der Waals surface area contributed by atoms with Crippen LogP contribution in [0.3, 0.4) is 0 Å². The molecule has 1 aliphatic heterocycles. The summed E-state index contributed by atoms with van der Waals surface area (Å²) in [6.45, 7) is 2.44. The Morgan fingerprint density at radius 1 is 1.19 bits per heavy atom. The highest BCUT2D eigenvalue weighted by Crippen LogP contribution is 2.19. The van der Waals surface area contributed by atoms with Gasteiger partial charge in [0.15, 0.2) is 0 Å². The molecule has 0 N–H and O–H groups in total. The average molecular weight is 283 g/mol. The van der Waals surface area contributed by atoms with Crippen molar-refractivity contribution in [3.63, 3.8) is 0 Å². The maximum atomic E-state index is 12.4. The second-order valence-electron chi connectivity index (χ2n) is 5.56. The van der Waals surface area contributed by atoms with E-state index < -0.39 is 0 Å². The van der Waals surface area contributed by atoms with E-state index in [1.165, 1.54) is 11.1 Å². The standard InChI is InChI=1S/C17H21N3O/c21-17(9-4-12-20-13-5-10-18-20)19-11-3-8-15-6-1-2-7-16(15)14-19/h1-2,5-7,10,13H,3-4,8-9,11-12,14H2. The first-order chi connectivity index (χ1) is 10.3. The molecule has 0 unspecified atom stereocenters. The summed E-state index contributed by atoms with van der Waals surface area (Å²) in [4.78, 5) is 14.4. The van der Waals surface area contributed by atoms with Gasteiger partial charge >= 0.3 is 0 Å². The van der Waals surface area contributed by atoms with Crippen molar-refractivity contribution in [1.29, 1.82) is 0 Å². The van der Waals surface area contributed by atoms with Crippen LogP contribution in [0.2, 0.25) is 0 Å². The van der Waals surface area contributed by atoms with Crippen molar-refractivity contribution in [2.75, 3.05) is 6.54 Å². The van der Waals surface area contributed by atoms with Crippen LogP contribution < -0.4 is 0 Å². The molecule has 0 radical (unpaired) electrons. The van der Waals surface area contributed by atoms with Gasteiger partial charge < -0.3 is 4.90 Å². The van der Waals surface area contributed by atoms with Gasteiger partial charge in [0.2, 0.25) is 5.91 Å². The number of fused-ring (bicyclic) bond motifs is 1. The minimum Gasteiger partial charge on any atom is -0.338 e. The largest absolute Gasteiger partial charge is 0.338 e. The summed E-state index contributed by atoms with van der Waals surface area (Å²) in [5.41, 5.74) is 2.69. The van der Waals surface area contributed by atoms with Crippen molar-refractivity contribution < 1.29 is 4.79 Å². The summed E-state index contributed by atoms with van der Waals surface area (Å²) in [5.74, 6) is 0.263. The molecule has 1 aromatic carbocycles. The van der Waals surface area contributed by atoms with Crippen molar-refractivity contribution >= 4 is 5.91 Å². The zero-order valence-corrected chi connectivity index (χ0v) is 12.2. The topological polar surface area (TPSA) is 38.1 Å². The van der Waals surface area contributed by atoms with Gasteiger partial charge in [-0.1, -0.05) is 24.3 Å². The van der Waals surface area contributed by atoms with E-state index in [1.807, 2.05) is 21.8 Å². The number of rotatable bonds is 4. The van der Waals surface area contributed by atoms with Crippen LogP contribution in [0.15, 0.2) is 42.7 Å². The molecule has 4 nitrogen and oxygen atoms in total. The number of aryl methyl sites for hydroxylation is 2. The zero-order valence-electron chi connectivity index (χ0n) is 12.2. The van der Waals surface area contributed by atoms with Gasteiger partial charge in [0.25, 0.3) is 0 Å². The van der Waals surface area contributed by atoms with Crippen LogP contribution >= 0.6 is 0 Å². The Kier molecular flexibility index (Phi) is 4.34. The average Bonchev–Trinajstić information content (AvgIpc) is 2.91. The highest BCUT2D eigenvalue weighted by molar-refractivity contribution is 5.76. The van der Waals surface area contributed by atoms with Crippen molar-refractivity contribution in [2.45, 2.75) is 38.8 Å². The molecule has 0 saturated carbocycles. The van der Waals surface area contributed by atoms with E-state index in [-0.39, 0.29) is 5.91 Å². The Morgan fingerprint density at radius 3 is 2.86 bits per heavy atom. The van der Waals surface area contributed by atoms with E-state index in [4.69, 9.17) is 0 Å². The van der Waals surface area contributed by atoms with Gasteiger partial charge in [-0.05, 0) is 36.5 Å². The number of hydrogen-bond donors (Lipinski definition) is 0. The van der Waals surface area contributed by atoms with Crippen molar-refractivity contribution in [2.24, 2.45) is 0 Å². The number of nitrogens with zero attached hydrogens (tertiary/aromatic N) is 3. The molecule has 0 aliphatic carbocycles. The van der Waals surface area contributed by atoms with E-state index in [0.29, 0.717) is 6.42 Å². The first kappa shape index (κ1) is 13.9. The van der Waals surface area contributed by atoms with Crippen LogP contribution in [0.1, 0.15) is 30.4 Å². The van der Waals surface area contributed by atoms with E-state index >= 15 is 0 Å². The molecule has 1 aromatic heterocycles. The van der Waals surface area contributed by atoms with Crippen molar-refractivity contribution in [1.82, 2.24) is 14.7 Å². The lowest BCUT2D eigenvalue weighted by atomic mass is 10.0. The Balaban J connectivity index is 1.55. The summed E-state index contributed by atoms with van der Waals surface area (Å²) in [6.07, 6.45) is 7.29. The summed E-state index contributed by atoms with van der Waals surface area (Å²) in [5, 5.41) is 4.16. The van der Waals surface area contributed by atoms with Crippen molar-refractivity contribution in [3.05, 3.63) is 53.9 Å². The van der Waals surface area contributed by atoms with Crippen LogP contribution in [-0.2, 0) is 24.3 Å². The highest BCUT2D eigenvalue weighted by atomic mass is 16.2.